The number of hydrogen-bond donors (Lipinski definition) is 0. The van der Waals surface area contributed by atoms with E-state index in [0.717, 1.165) is 0 Å². The molecule has 0 aromatic carbocycles. The van der Waals surface area contributed by atoms with Crippen LogP contribution >= 0.6 is 0 Å². The first-order chi connectivity index (χ1) is 6.50. The molecular weight excluding hydrogens is 343 g/mol. The van der Waals surface area contributed by atoms with Crippen LogP contribution in [0.5, 0.6) is 0 Å². The van der Waals surface area contributed by atoms with Gasteiger partial charge in [-0.3, -0.25) is 0 Å². The molecule has 0 spiro atoms. The molecular formula is C2F6O6S2Sc-2. The maximum atomic E-state index is 10.7. The molecule has 15 heteroatoms. The van der Waals surface area contributed by atoms with Gasteiger partial charge in [-0.2, -0.15) is 26.3 Å². The van der Waals surface area contributed by atoms with Crippen molar-refractivity contribution in [2.75, 3.05) is 0 Å². The van der Waals surface area contributed by atoms with Crippen molar-refractivity contribution >= 4 is 20.2 Å². The van der Waals surface area contributed by atoms with E-state index in [0.29, 0.717) is 0 Å². The molecule has 0 rings (SSSR count). The molecule has 0 aromatic heterocycles. The van der Waals surface area contributed by atoms with Gasteiger partial charge in [0.2, 0.25) is 0 Å². The molecule has 0 amide bonds. The fraction of sp³-hybridized carbons (Fsp3) is 1.00. The van der Waals surface area contributed by atoms with Gasteiger partial charge in [-0.1, -0.05) is 0 Å². The van der Waals surface area contributed by atoms with Gasteiger partial charge in [0.05, 0.1) is 0 Å². The monoisotopic (exact) mass is 343 g/mol. The minimum Gasteiger partial charge on any atom is -0.741 e. The molecule has 0 unspecified atom stereocenters. The minimum atomic E-state index is -6.09. The summed E-state index contributed by atoms with van der Waals surface area (Å²) in [7, 11) is -12.2. The zero-order chi connectivity index (χ0) is 14.0. The van der Waals surface area contributed by atoms with Crippen molar-refractivity contribution < 1.29 is 78.1 Å². The summed E-state index contributed by atoms with van der Waals surface area (Å²) < 4.78 is 118. The van der Waals surface area contributed by atoms with E-state index in [2.05, 4.69) is 0 Å². The largest absolute Gasteiger partial charge is 0.741 e. The van der Waals surface area contributed by atoms with Crippen molar-refractivity contribution in [1.29, 1.82) is 0 Å². The quantitative estimate of drug-likeness (QED) is 0.350. The fourth-order valence-corrected chi connectivity index (χ4v) is 0. The van der Waals surface area contributed by atoms with Gasteiger partial charge >= 0.3 is 11.0 Å². The van der Waals surface area contributed by atoms with E-state index in [1.807, 2.05) is 0 Å². The first-order valence-corrected chi connectivity index (χ1v) is 5.36. The van der Waals surface area contributed by atoms with Gasteiger partial charge in [0.25, 0.3) is 0 Å². The Morgan fingerprint density at radius 1 is 0.647 bits per heavy atom. The van der Waals surface area contributed by atoms with Gasteiger partial charge in [-0.25, -0.2) is 16.8 Å². The maximum absolute atomic E-state index is 10.7. The van der Waals surface area contributed by atoms with E-state index >= 15 is 0 Å². The zero-order valence-corrected chi connectivity index (χ0v) is 10.5. The third-order valence-electron chi connectivity index (χ3n) is 0.567. The van der Waals surface area contributed by atoms with Crippen LogP contribution in [0.15, 0.2) is 0 Å². The standard InChI is InChI=1S/2CHF3O3S.Sc/c2*2-1(3,4)8(5,6)7;/h2*(H,5,6,7);/p-2. The molecule has 0 saturated carbocycles. The third kappa shape index (κ3) is 9.93. The second-order valence-electron chi connectivity index (χ2n) is 1.80. The summed E-state index contributed by atoms with van der Waals surface area (Å²) in [5, 5.41) is 0. The van der Waals surface area contributed by atoms with Crippen LogP contribution in [-0.4, -0.2) is 37.0 Å². The smallest absolute Gasteiger partial charge is 0.485 e. The van der Waals surface area contributed by atoms with Gasteiger partial charge in [0.1, 0.15) is 0 Å². The molecule has 1 radical (unpaired) electrons. The number of alkyl halides is 6. The Balaban J connectivity index is -0.000000218. The van der Waals surface area contributed by atoms with Crippen LogP contribution in [0.4, 0.5) is 26.3 Å². The number of hydrogen-bond acceptors (Lipinski definition) is 6. The van der Waals surface area contributed by atoms with E-state index in [4.69, 9.17) is 25.9 Å². The van der Waals surface area contributed by atoms with E-state index < -0.39 is 31.3 Å². The van der Waals surface area contributed by atoms with Crippen LogP contribution in [0.2, 0.25) is 0 Å². The van der Waals surface area contributed by atoms with Gasteiger partial charge < -0.3 is 9.11 Å². The predicted octanol–water partition coefficient (Wildman–Crippen LogP) is 0.100. The van der Waals surface area contributed by atoms with Crippen molar-refractivity contribution in [1.82, 2.24) is 0 Å². The van der Waals surface area contributed by atoms with Crippen molar-refractivity contribution in [2.45, 2.75) is 11.0 Å². The van der Waals surface area contributed by atoms with Crippen LogP contribution in [0, 0.1) is 0 Å². The Kier molecular flexibility index (Phi) is 8.51. The first kappa shape index (κ1) is 22.5. The van der Waals surface area contributed by atoms with Crippen LogP contribution in [0.25, 0.3) is 0 Å². The summed E-state index contributed by atoms with van der Waals surface area (Å²) >= 11 is 0. The molecule has 0 fully saturated rings. The second kappa shape index (κ2) is 6.44. The molecule has 0 aliphatic rings. The molecule has 0 atom stereocenters. The second-order valence-corrected chi connectivity index (χ2v) is 4.54. The average molecular weight is 343 g/mol. The maximum Gasteiger partial charge on any atom is 0.485 e. The van der Waals surface area contributed by atoms with Gasteiger partial charge in [-0.15, -0.1) is 0 Å². The summed E-state index contributed by atoms with van der Waals surface area (Å²) in [6, 6.07) is 0. The topological polar surface area (TPSA) is 114 Å². The Bertz CT molecular complexity index is 374. The zero-order valence-electron chi connectivity index (χ0n) is 7.11. The van der Waals surface area contributed by atoms with Crippen molar-refractivity contribution in [3.63, 3.8) is 0 Å². The SMILES string of the molecule is O=S(=O)([O-])C(F)(F)F.O=S(=O)([O-])C(F)(F)F.[Sc]. The van der Waals surface area contributed by atoms with Crippen LogP contribution < -0.4 is 0 Å². The van der Waals surface area contributed by atoms with Gasteiger partial charge in [-0.05, 0) is 0 Å². The molecule has 6 nitrogen and oxygen atoms in total. The number of halogens is 6. The molecule has 0 saturated heterocycles. The van der Waals surface area contributed by atoms with Crippen molar-refractivity contribution in [3.05, 3.63) is 0 Å². The number of rotatable bonds is 0. The van der Waals surface area contributed by atoms with Gasteiger partial charge in [0, 0.05) is 25.8 Å². The molecule has 0 aliphatic heterocycles. The van der Waals surface area contributed by atoms with Gasteiger partial charge in [0.15, 0.2) is 20.2 Å². The molecule has 0 heterocycles. The molecule has 0 aliphatic carbocycles. The van der Waals surface area contributed by atoms with Crippen LogP contribution in [0.1, 0.15) is 0 Å². The summed E-state index contributed by atoms with van der Waals surface area (Å²) in [4.78, 5) is 0. The van der Waals surface area contributed by atoms with Crippen LogP contribution in [0.3, 0.4) is 0 Å². The van der Waals surface area contributed by atoms with E-state index in [1.165, 1.54) is 0 Å². The summed E-state index contributed by atoms with van der Waals surface area (Å²) in [5.74, 6) is 0. The normalized spacial score (nSPS) is 13.2. The third-order valence-corrected chi connectivity index (χ3v) is 1.70. The van der Waals surface area contributed by atoms with E-state index in [9.17, 15) is 26.3 Å². The van der Waals surface area contributed by atoms with Crippen molar-refractivity contribution in [3.8, 4) is 0 Å². The molecule has 0 N–H and O–H groups in total. The van der Waals surface area contributed by atoms with E-state index in [1.54, 1.807) is 0 Å². The average Bonchev–Trinajstić information content (AvgIpc) is 1.77. The molecule has 17 heavy (non-hydrogen) atoms. The van der Waals surface area contributed by atoms with E-state index in [-0.39, 0.29) is 25.8 Å². The summed E-state index contributed by atoms with van der Waals surface area (Å²) in [5.41, 5.74) is -11.3. The first-order valence-electron chi connectivity index (χ1n) is 2.54. The summed E-state index contributed by atoms with van der Waals surface area (Å²) in [6.07, 6.45) is 0. The van der Waals surface area contributed by atoms with Crippen molar-refractivity contribution in [2.24, 2.45) is 0 Å². The molecule has 0 bridgehead atoms. The summed E-state index contributed by atoms with van der Waals surface area (Å²) in [6.45, 7) is 0. The Morgan fingerprint density at radius 2 is 0.706 bits per heavy atom. The molecule has 103 valence electrons. The Labute approximate surface area is 109 Å². The fourth-order valence-electron chi connectivity index (χ4n) is 0. The molecule has 0 aromatic rings. The van der Waals surface area contributed by atoms with Crippen LogP contribution in [-0.2, 0) is 46.1 Å². The Hall–Kier alpha value is 0.270. The predicted molar refractivity (Wildman–Crippen MR) is 31.5 cm³/mol. The Morgan fingerprint density at radius 3 is 0.706 bits per heavy atom. The minimum absolute atomic E-state index is 0.